The van der Waals surface area contributed by atoms with Gasteiger partial charge in [0.2, 0.25) is 5.91 Å². The molecule has 1 aromatic heterocycles. The van der Waals surface area contributed by atoms with E-state index in [1.165, 1.54) is 6.07 Å². The van der Waals surface area contributed by atoms with Crippen LogP contribution in [0.5, 0.6) is 5.75 Å². The molecule has 0 radical (unpaired) electrons. The van der Waals surface area contributed by atoms with E-state index in [0.717, 1.165) is 5.56 Å². The lowest BCUT2D eigenvalue weighted by Gasteiger charge is -2.48. The number of carbonyl (C=O) groups excluding carboxylic acids is 5. The number of aromatic nitrogens is 1. The van der Waals surface area contributed by atoms with Crippen molar-refractivity contribution < 1.29 is 34.2 Å². The second-order valence-corrected chi connectivity index (χ2v) is 9.19. The molecule has 2 aromatic rings. The number of hydrogen-bond donors (Lipinski definition) is 3. The monoisotopic (exact) mass is 450 g/mol. The number of ketones is 4. The number of benzene rings is 1. The molecule has 4 N–H and O–H groups in total. The number of carbonyl (C=O) groups is 5. The summed E-state index contributed by atoms with van der Waals surface area (Å²) in [6.45, 7) is 0.457. The molecule has 33 heavy (non-hydrogen) atoms. The second kappa shape index (κ2) is 7.21. The Labute approximate surface area is 188 Å². The largest absolute Gasteiger partial charge is 0.507 e. The number of amides is 1. The Hall–Kier alpha value is -3.59. The van der Waals surface area contributed by atoms with Crippen molar-refractivity contribution in [3.63, 3.8) is 0 Å². The maximum Gasteiger partial charge on any atom is 0.235 e. The number of aliphatic hydroxyl groups is 1. The van der Waals surface area contributed by atoms with E-state index in [2.05, 4.69) is 0 Å². The molecule has 2 fully saturated rings. The third-order valence-electron chi connectivity index (χ3n) is 7.40. The lowest BCUT2D eigenvalue weighted by molar-refractivity contribution is -0.175. The highest BCUT2D eigenvalue weighted by atomic mass is 16.3. The van der Waals surface area contributed by atoms with Crippen molar-refractivity contribution in [1.29, 1.82) is 0 Å². The van der Waals surface area contributed by atoms with Crippen molar-refractivity contribution in [2.75, 3.05) is 0 Å². The van der Waals surface area contributed by atoms with Crippen LogP contribution in [0.4, 0.5) is 0 Å². The number of nitrogens with two attached hydrogens (primary N) is 1. The molecule has 1 aromatic carbocycles. The second-order valence-electron chi connectivity index (χ2n) is 9.19. The van der Waals surface area contributed by atoms with E-state index < -0.39 is 58.3 Å². The average Bonchev–Trinajstić information content (AvgIpc) is 3.25. The number of phenolic OH excluding ortho intramolecular Hbond substituents is 1. The summed E-state index contributed by atoms with van der Waals surface area (Å²) in [5.74, 6) is -9.96. The standard InChI is InChI=1S/C24H22N2O7/c25-23(32)19-16(28)9-13-7-12-8-14-11(10-26-5-1-2-6-26)3-4-15(27)18(14)20(29)17(12)21(30)24(13,33)22(19)31/h1-6,12-13,17,19,27,33H,7-10H2,(H2,25,32)/t12?,13?,17?,19?,24-/m0/s1. The quantitative estimate of drug-likeness (QED) is 0.563. The zero-order chi connectivity index (χ0) is 23.7. The summed E-state index contributed by atoms with van der Waals surface area (Å²) in [7, 11) is 0. The van der Waals surface area contributed by atoms with E-state index in [-0.39, 0.29) is 30.6 Å². The van der Waals surface area contributed by atoms with Gasteiger partial charge in [-0.25, -0.2) is 0 Å². The molecule has 2 saturated carbocycles. The number of Topliss-reactive ketones (excluding diaryl/α,β-unsaturated/α-hetero) is 4. The summed E-state index contributed by atoms with van der Waals surface area (Å²) in [6.07, 6.45) is 3.75. The van der Waals surface area contributed by atoms with E-state index in [0.29, 0.717) is 12.1 Å². The summed E-state index contributed by atoms with van der Waals surface area (Å²) in [6, 6.07) is 6.86. The van der Waals surface area contributed by atoms with Gasteiger partial charge in [-0.3, -0.25) is 24.0 Å². The lowest BCUT2D eigenvalue weighted by Crippen LogP contribution is -2.68. The smallest absolute Gasteiger partial charge is 0.235 e. The molecule has 4 unspecified atom stereocenters. The van der Waals surface area contributed by atoms with Gasteiger partial charge >= 0.3 is 0 Å². The number of primary amides is 1. The van der Waals surface area contributed by atoms with Crippen LogP contribution in [-0.2, 0) is 32.1 Å². The topological polar surface area (TPSA) is 157 Å². The van der Waals surface area contributed by atoms with Crippen LogP contribution in [0.2, 0.25) is 0 Å². The number of phenols is 1. The van der Waals surface area contributed by atoms with Gasteiger partial charge in [0.1, 0.15) is 5.75 Å². The van der Waals surface area contributed by atoms with Crippen LogP contribution in [0.15, 0.2) is 36.7 Å². The zero-order valence-electron chi connectivity index (χ0n) is 17.6. The first-order chi connectivity index (χ1) is 15.6. The zero-order valence-corrected chi connectivity index (χ0v) is 17.6. The van der Waals surface area contributed by atoms with Crippen molar-refractivity contribution >= 4 is 29.0 Å². The number of aromatic hydroxyl groups is 1. The molecular formula is C24H22N2O7. The first kappa shape index (κ1) is 21.3. The predicted octanol–water partition coefficient (Wildman–Crippen LogP) is 0.177. The first-order valence-electron chi connectivity index (χ1n) is 10.8. The van der Waals surface area contributed by atoms with Crippen molar-refractivity contribution in [3.05, 3.63) is 53.3 Å². The highest BCUT2D eigenvalue weighted by Crippen LogP contribution is 2.50. The van der Waals surface area contributed by atoms with E-state index >= 15 is 0 Å². The molecule has 9 heteroatoms. The molecule has 9 nitrogen and oxygen atoms in total. The van der Waals surface area contributed by atoms with Gasteiger partial charge in [0.15, 0.2) is 34.7 Å². The Morgan fingerprint density at radius 1 is 1.09 bits per heavy atom. The molecule has 0 spiro atoms. The molecule has 1 heterocycles. The van der Waals surface area contributed by atoms with Crippen LogP contribution in [0.25, 0.3) is 0 Å². The number of fused-ring (bicyclic) bond motifs is 3. The normalized spacial score (nSPS) is 31.1. The van der Waals surface area contributed by atoms with Gasteiger partial charge < -0.3 is 20.5 Å². The molecule has 5 atom stereocenters. The fourth-order valence-electron chi connectivity index (χ4n) is 5.85. The minimum atomic E-state index is -2.62. The van der Waals surface area contributed by atoms with Crippen LogP contribution < -0.4 is 5.73 Å². The number of nitrogens with zero attached hydrogens (tertiary/aromatic N) is 1. The lowest BCUT2D eigenvalue weighted by atomic mass is 9.53. The number of hydrogen-bond acceptors (Lipinski definition) is 7. The Morgan fingerprint density at radius 3 is 2.45 bits per heavy atom. The van der Waals surface area contributed by atoms with Crippen molar-refractivity contribution in [2.24, 2.45) is 29.4 Å². The van der Waals surface area contributed by atoms with Crippen LogP contribution in [0.1, 0.15) is 34.3 Å². The highest BCUT2D eigenvalue weighted by molar-refractivity contribution is 6.31. The maximum atomic E-state index is 13.5. The van der Waals surface area contributed by atoms with E-state index in [9.17, 15) is 34.2 Å². The maximum absolute atomic E-state index is 13.5. The van der Waals surface area contributed by atoms with Gasteiger partial charge in [-0.2, -0.15) is 0 Å². The van der Waals surface area contributed by atoms with Gasteiger partial charge in [-0.15, -0.1) is 0 Å². The van der Waals surface area contributed by atoms with Crippen LogP contribution in [0, 0.1) is 23.7 Å². The van der Waals surface area contributed by atoms with Crippen LogP contribution >= 0.6 is 0 Å². The van der Waals surface area contributed by atoms with Crippen molar-refractivity contribution in [3.8, 4) is 5.75 Å². The molecule has 170 valence electrons. The average molecular weight is 450 g/mol. The van der Waals surface area contributed by atoms with E-state index in [1.807, 2.05) is 29.1 Å². The Balaban J connectivity index is 1.57. The van der Waals surface area contributed by atoms with E-state index in [4.69, 9.17) is 5.73 Å². The van der Waals surface area contributed by atoms with Gasteiger partial charge in [-0.05, 0) is 48.1 Å². The van der Waals surface area contributed by atoms with Gasteiger partial charge in [0, 0.05) is 31.3 Å². The SMILES string of the molecule is NC(=O)C1C(=O)CC2CC3Cc4c(Cn5cccc5)ccc(O)c4C(=O)C3C(=O)[C@]2(O)C1=O. The summed E-state index contributed by atoms with van der Waals surface area (Å²) < 4.78 is 1.91. The van der Waals surface area contributed by atoms with Gasteiger partial charge in [0.05, 0.1) is 11.5 Å². The Morgan fingerprint density at radius 2 is 1.79 bits per heavy atom. The molecule has 3 aliphatic carbocycles. The molecule has 0 aliphatic heterocycles. The first-order valence-corrected chi connectivity index (χ1v) is 10.8. The fraction of sp³-hybridized carbons (Fsp3) is 0.375. The molecule has 0 saturated heterocycles. The molecule has 1 amide bonds. The predicted molar refractivity (Wildman–Crippen MR) is 112 cm³/mol. The minimum Gasteiger partial charge on any atom is -0.507 e. The molecule has 0 bridgehead atoms. The third-order valence-corrected chi connectivity index (χ3v) is 7.40. The van der Waals surface area contributed by atoms with Gasteiger partial charge in [0.25, 0.3) is 0 Å². The summed E-state index contributed by atoms with van der Waals surface area (Å²) in [4.78, 5) is 63.9. The Bertz CT molecular complexity index is 1230. The van der Waals surface area contributed by atoms with Crippen LogP contribution in [-0.4, -0.2) is 49.4 Å². The summed E-state index contributed by atoms with van der Waals surface area (Å²) >= 11 is 0. The molecule has 3 aliphatic rings. The number of rotatable bonds is 3. The van der Waals surface area contributed by atoms with Crippen molar-refractivity contribution in [1.82, 2.24) is 4.57 Å². The Kier molecular flexibility index (Phi) is 4.65. The van der Waals surface area contributed by atoms with Crippen molar-refractivity contribution in [2.45, 2.75) is 31.4 Å². The molecule has 5 rings (SSSR count). The summed E-state index contributed by atoms with van der Waals surface area (Å²) in [5.41, 5.74) is 4.01. The fourth-order valence-corrected chi connectivity index (χ4v) is 5.85. The minimum absolute atomic E-state index is 0.0158. The van der Waals surface area contributed by atoms with Gasteiger partial charge in [-0.1, -0.05) is 6.07 Å². The van der Waals surface area contributed by atoms with E-state index in [1.54, 1.807) is 6.07 Å². The highest BCUT2D eigenvalue weighted by Gasteiger charge is 2.66. The third kappa shape index (κ3) is 2.92. The van der Waals surface area contributed by atoms with Crippen LogP contribution in [0.3, 0.4) is 0 Å². The summed E-state index contributed by atoms with van der Waals surface area (Å²) in [5, 5.41) is 21.7. The molecular weight excluding hydrogens is 428 g/mol.